The van der Waals surface area contributed by atoms with Crippen LogP contribution >= 0.6 is 0 Å². The lowest BCUT2D eigenvalue weighted by molar-refractivity contribution is 0.152. The monoisotopic (exact) mass is 239 g/mol. The van der Waals surface area contributed by atoms with Crippen LogP contribution < -0.4 is 10.6 Å². The summed E-state index contributed by atoms with van der Waals surface area (Å²) in [6.45, 7) is 0. The van der Waals surface area contributed by atoms with Gasteiger partial charge in [0.15, 0.2) is 6.17 Å². The molecule has 0 atom stereocenters. The summed E-state index contributed by atoms with van der Waals surface area (Å²) in [6.07, 6.45) is -0.634. The van der Waals surface area contributed by atoms with Gasteiger partial charge in [0.1, 0.15) is 0 Å². The van der Waals surface area contributed by atoms with E-state index in [-0.39, 0.29) is 0 Å². The van der Waals surface area contributed by atoms with Crippen molar-refractivity contribution in [1.29, 1.82) is 0 Å². The Hall–Kier alpha value is -2.31. The minimum atomic E-state index is -0.809. The Labute approximate surface area is 98.1 Å². The van der Waals surface area contributed by atoms with Gasteiger partial charge in [-0.2, -0.15) is 0 Å². The van der Waals surface area contributed by atoms with Crippen LogP contribution in [0.25, 0.3) is 0 Å². The fourth-order valence-electron chi connectivity index (χ4n) is 1.08. The first-order valence-electron chi connectivity index (χ1n) is 4.77. The highest BCUT2D eigenvalue weighted by Crippen LogP contribution is 2.06. The lowest BCUT2D eigenvalue weighted by Crippen LogP contribution is -2.41. The zero-order chi connectivity index (χ0) is 12.7. The standard InChI is InChI=1S/C10H13N3O4/c1-16-9(14)12-8(13-10(15)17-2)7-5-3-4-6-11-7/h3-6,8H,1-2H3,(H,12,14)(H,13,15). The SMILES string of the molecule is COC(=O)NC(NC(=O)OC)c1ccccn1. The number of hydrogen-bond donors (Lipinski definition) is 2. The number of amides is 2. The van der Waals surface area contributed by atoms with Crippen molar-refractivity contribution < 1.29 is 19.1 Å². The second-order valence-electron chi connectivity index (χ2n) is 2.96. The molecule has 7 heteroatoms. The smallest absolute Gasteiger partial charge is 0.408 e. The molecule has 1 rings (SSSR count). The number of alkyl carbamates (subject to hydrolysis) is 2. The molecule has 0 spiro atoms. The number of carbonyl (C=O) groups is 2. The number of nitrogens with one attached hydrogen (secondary N) is 2. The summed E-state index contributed by atoms with van der Waals surface area (Å²) in [4.78, 5) is 26.2. The average Bonchev–Trinajstić information content (AvgIpc) is 2.38. The second-order valence-corrected chi connectivity index (χ2v) is 2.96. The number of aromatic nitrogens is 1. The van der Waals surface area contributed by atoms with E-state index in [4.69, 9.17) is 0 Å². The van der Waals surface area contributed by atoms with Gasteiger partial charge < -0.3 is 9.47 Å². The number of pyridine rings is 1. The highest BCUT2D eigenvalue weighted by atomic mass is 16.5. The topological polar surface area (TPSA) is 89.6 Å². The van der Waals surface area contributed by atoms with Crippen LogP contribution in [-0.2, 0) is 9.47 Å². The summed E-state index contributed by atoms with van der Waals surface area (Å²) in [5.41, 5.74) is 0.461. The fourth-order valence-corrected chi connectivity index (χ4v) is 1.08. The van der Waals surface area contributed by atoms with E-state index in [1.807, 2.05) is 0 Å². The quantitative estimate of drug-likeness (QED) is 0.761. The van der Waals surface area contributed by atoms with E-state index in [0.29, 0.717) is 5.69 Å². The van der Waals surface area contributed by atoms with Gasteiger partial charge in [0.05, 0.1) is 19.9 Å². The Kier molecular flexibility index (Phi) is 4.74. The number of rotatable bonds is 3. The van der Waals surface area contributed by atoms with Gasteiger partial charge in [-0.3, -0.25) is 15.6 Å². The second kappa shape index (κ2) is 6.31. The van der Waals surface area contributed by atoms with Crippen molar-refractivity contribution in [3.05, 3.63) is 30.1 Å². The molecule has 7 nitrogen and oxygen atoms in total. The zero-order valence-electron chi connectivity index (χ0n) is 9.47. The fraction of sp³-hybridized carbons (Fsp3) is 0.300. The van der Waals surface area contributed by atoms with Crippen LogP contribution in [0.3, 0.4) is 0 Å². The van der Waals surface area contributed by atoms with E-state index >= 15 is 0 Å². The first-order chi connectivity index (χ1) is 8.17. The van der Waals surface area contributed by atoms with Gasteiger partial charge in [-0.1, -0.05) is 6.07 Å². The van der Waals surface area contributed by atoms with Crippen molar-refractivity contribution >= 4 is 12.2 Å². The molecule has 0 bridgehead atoms. The van der Waals surface area contributed by atoms with E-state index in [1.165, 1.54) is 14.2 Å². The van der Waals surface area contributed by atoms with Gasteiger partial charge in [0.2, 0.25) is 0 Å². The van der Waals surface area contributed by atoms with Crippen molar-refractivity contribution in [1.82, 2.24) is 15.6 Å². The summed E-state index contributed by atoms with van der Waals surface area (Å²) in [6, 6.07) is 5.10. The lowest BCUT2D eigenvalue weighted by Gasteiger charge is -2.17. The van der Waals surface area contributed by atoms with Crippen LogP contribution in [0.1, 0.15) is 11.9 Å². The van der Waals surface area contributed by atoms with E-state index in [0.717, 1.165) is 0 Å². The van der Waals surface area contributed by atoms with Crippen molar-refractivity contribution in [3.8, 4) is 0 Å². The van der Waals surface area contributed by atoms with Crippen molar-refractivity contribution in [2.24, 2.45) is 0 Å². The molecule has 92 valence electrons. The molecule has 1 aromatic heterocycles. The van der Waals surface area contributed by atoms with Gasteiger partial charge in [0, 0.05) is 6.20 Å². The molecular weight excluding hydrogens is 226 g/mol. The minimum Gasteiger partial charge on any atom is -0.453 e. The normalized spacial score (nSPS) is 9.59. The molecule has 1 heterocycles. The van der Waals surface area contributed by atoms with Gasteiger partial charge in [-0.25, -0.2) is 9.59 Å². The van der Waals surface area contributed by atoms with Gasteiger partial charge >= 0.3 is 12.2 Å². The first-order valence-corrected chi connectivity index (χ1v) is 4.77. The molecule has 2 N–H and O–H groups in total. The molecule has 0 aliphatic carbocycles. The van der Waals surface area contributed by atoms with E-state index < -0.39 is 18.4 Å². The summed E-state index contributed by atoms with van der Waals surface area (Å²) in [7, 11) is 2.45. The molecule has 0 unspecified atom stereocenters. The third-order valence-electron chi connectivity index (χ3n) is 1.88. The lowest BCUT2D eigenvalue weighted by atomic mass is 10.3. The molecule has 1 aromatic rings. The van der Waals surface area contributed by atoms with Gasteiger partial charge in [-0.15, -0.1) is 0 Å². The summed E-state index contributed by atoms with van der Waals surface area (Å²) in [5, 5.41) is 4.83. The number of nitrogens with zero attached hydrogens (tertiary/aromatic N) is 1. The minimum absolute atomic E-state index is 0.461. The van der Waals surface area contributed by atoms with Crippen molar-refractivity contribution in [2.75, 3.05) is 14.2 Å². The summed E-state index contributed by atoms with van der Waals surface area (Å²) >= 11 is 0. The number of methoxy groups -OCH3 is 2. The molecule has 0 aliphatic rings. The van der Waals surface area contributed by atoms with Crippen molar-refractivity contribution in [3.63, 3.8) is 0 Å². The van der Waals surface area contributed by atoms with Crippen molar-refractivity contribution in [2.45, 2.75) is 6.17 Å². The molecule has 0 aliphatic heterocycles. The Bertz CT molecular complexity index is 364. The van der Waals surface area contributed by atoms with E-state index in [2.05, 4.69) is 25.1 Å². The molecule has 0 fully saturated rings. The van der Waals surface area contributed by atoms with Crippen LogP contribution in [0.5, 0.6) is 0 Å². The number of carbonyl (C=O) groups excluding carboxylic acids is 2. The van der Waals surface area contributed by atoms with Gasteiger partial charge in [0.25, 0.3) is 0 Å². The zero-order valence-corrected chi connectivity index (χ0v) is 9.47. The van der Waals surface area contributed by atoms with Crippen LogP contribution in [-0.4, -0.2) is 31.4 Å². The predicted octanol–water partition coefficient (Wildman–Crippen LogP) is 0.792. The molecule has 0 aromatic carbocycles. The molecular formula is C10H13N3O4. The Morgan fingerprint density at radius 3 is 2.18 bits per heavy atom. The third-order valence-corrected chi connectivity index (χ3v) is 1.88. The average molecular weight is 239 g/mol. The predicted molar refractivity (Wildman–Crippen MR) is 58.1 cm³/mol. The van der Waals surface area contributed by atoms with Crippen LogP contribution in [0.2, 0.25) is 0 Å². The molecule has 0 saturated carbocycles. The summed E-state index contributed by atoms with van der Waals surface area (Å²) in [5.74, 6) is 0. The maximum atomic E-state index is 11.1. The van der Waals surface area contributed by atoms with Crippen LogP contribution in [0, 0.1) is 0 Å². The Balaban J connectivity index is 2.79. The van der Waals surface area contributed by atoms with Crippen LogP contribution in [0.15, 0.2) is 24.4 Å². The molecule has 0 radical (unpaired) electrons. The van der Waals surface area contributed by atoms with Gasteiger partial charge in [-0.05, 0) is 12.1 Å². The van der Waals surface area contributed by atoms with E-state index in [9.17, 15) is 9.59 Å². The highest BCUT2D eigenvalue weighted by molar-refractivity contribution is 5.71. The highest BCUT2D eigenvalue weighted by Gasteiger charge is 2.18. The maximum Gasteiger partial charge on any atom is 0.408 e. The molecule has 0 saturated heterocycles. The number of ether oxygens (including phenoxy) is 2. The maximum absolute atomic E-state index is 11.1. The Morgan fingerprint density at radius 2 is 1.76 bits per heavy atom. The van der Waals surface area contributed by atoms with Crippen LogP contribution in [0.4, 0.5) is 9.59 Å². The molecule has 17 heavy (non-hydrogen) atoms. The molecule has 2 amide bonds. The largest absolute Gasteiger partial charge is 0.453 e. The third kappa shape index (κ3) is 3.98. The number of hydrogen-bond acceptors (Lipinski definition) is 5. The van der Waals surface area contributed by atoms with E-state index in [1.54, 1.807) is 24.4 Å². The summed E-state index contributed by atoms with van der Waals surface area (Å²) < 4.78 is 8.89. The Morgan fingerprint density at radius 1 is 1.18 bits per heavy atom. The first kappa shape index (κ1) is 12.8.